The molecule has 0 N–H and O–H groups in total. The first-order valence-electron chi connectivity index (χ1n) is 9.40. The first kappa shape index (κ1) is 18.9. The monoisotopic (exact) mass is 364 g/mol. The van der Waals surface area contributed by atoms with Gasteiger partial charge in [0.1, 0.15) is 0 Å². The van der Waals surface area contributed by atoms with Gasteiger partial charge in [-0.25, -0.2) is 17.6 Å². The topological polar surface area (TPSA) is 0 Å². The Kier molecular flexibility index (Phi) is 6.00. The molecule has 0 heterocycles. The Morgan fingerprint density at radius 1 is 0.808 bits per heavy atom. The highest BCUT2D eigenvalue weighted by Gasteiger charge is 2.21. The van der Waals surface area contributed by atoms with E-state index >= 15 is 0 Å². The van der Waals surface area contributed by atoms with Gasteiger partial charge >= 0.3 is 0 Å². The van der Waals surface area contributed by atoms with Gasteiger partial charge in [-0.15, -0.1) is 0 Å². The normalized spacial score (nSPS) is 20.3. The molecule has 2 aromatic carbocycles. The number of rotatable bonds is 5. The van der Waals surface area contributed by atoms with Crippen LogP contribution in [-0.4, -0.2) is 0 Å². The molecular formula is C22H24F4. The van der Waals surface area contributed by atoms with Gasteiger partial charge < -0.3 is 0 Å². The summed E-state index contributed by atoms with van der Waals surface area (Å²) in [5.41, 5.74) is 2.16. The molecule has 4 heteroatoms. The predicted molar refractivity (Wildman–Crippen MR) is 95.1 cm³/mol. The van der Waals surface area contributed by atoms with Gasteiger partial charge in [0.05, 0.1) is 0 Å². The number of hydrogen-bond acceptors (Lipinski definition) is 0. The number of benzene rings is 2. The predicted octanol–water partition coefficient (Wildman–Crippen LogP) is 6.71. The molecule has 1 aliphatic carbocycles. The average molecular weight is 364 g/mol. The summed E-state index contributed by atoms with van der Waals surface area (Å²) in [5.74, 6) is -4.68. The lowest BCUT2D eigenvalue weighted by Gasteiger charge is -2.28. The third-order valence-corrected chi connectivity index (χ3v) is 5.74. The molecule has 140 valence electrons. The maximum atomic E-state index is 13.7. The van der Waals surface area contributed by atoms with Crippen LogP contribution in [0.4, 0.5) is 17.6 Å². The van der Waals surface area contributed by atoms with Crippen LogP contribution < -0.4 is 0 Å². The van der Waals surface area contributed by atoms with E-state index in [1.54, 1.807) is 0 Å². The lowest BCUT2D eigenvalue weighted by atomic mass is 9.78. The largest absolute Gasteiger partial charge is 0.204 e. The summed E-state index contributed by atoms with van der Waals surface area (Å²) >= 11 is 0. The van der Waals surface area contributed by atoms with E-state index in [0.717, 1.165) is 17.5 Å². The summed E-state index contributed by atoms with van der Waals surface area (Å²) in [6, 6.07) is 8.95. The minimum atomic E-state index is -1.76. The van der Waals surface area contributed by atoms with Crippen LogP contribution >= 0.6 is 0 Å². The summed E-state index contributed by atoms with van der Waals surface area (Å²) in [5, 5.41) is 0. The van der Waals surface area contributed by atoms with Crippen LogP contribution in [0.5, 0.6) is 0 Å². The van der Waals surface area contributed by atoms with Crippen molar-refractivity contribution < 1.29 is 17.6 Å². The second-order valence-electron chi connectivity index (χ2n) is 7.33. The molecule has 1 fully saturated rings. The molecular weight excluding hydrogens is 340 g/mol. The molecule has 0 radical (unpaired) electrons. The van der Waals surface area contributed by atoms with Crippen molar-refractivity contribution in [3.63, 3.8) is 0 Å². The van der Waals surface area contributed by atoms with Gasteiger partial charge in [-0.2, -0.15) is 0 Å². The molecule has 1 saturated carbocycles. The van der Waals surface area contributed by atoms with Crippen LogP contribution in [0.2, 0.25) is 0 Å². The molecule has 0 saturated heterocycles. The highest BCUT2D eigenvalue weighted by molar-refractivity contribution is 5.28. The van der Waals surface area contributed by atoms with Crippen molar-refractivity contribution >= 4 is 0 Å². The van der Waals surface area contributed by atoms with Crippen molar-refractivity contribution in [3.05, 3.63) is 70.3 Å². The molecule has 2 aromatic rings. The number of aryl methyl sites for hydroxylation is 2. The zero-order valence-corrected chi connectivity index (χ0v) is 15.0. The fourth-order valence-electron chi connectivity index (χ4n) is 3.94. The van der Waals surface area contributed by atoms with E-state index in [-0.39, 0.29) is 12.0 Å². The van der Waals surface area contributed by atoms with Crippen molar-refractivity contribution in [2.24, 2.45) is 5.92 Å². The number of halogens is 4. The molecule has 0 bridgehead atoms. The van der Waals surface area contributed by atoms with E-state index in [0.29, 0.717) is 12.3 Å². The van der Waals surface area contributed by atoms with Crippen molar-refractivity contribution in [3.8, 4) is 0 Å². The van der Waals surface area contributed by atoms with Crippen LogP contribution in [0.25, 0.3) is 0 Å². The van der Waals surface area contributed by atoms with E-state index in [1.165, 1.54) is 37.7 Å². The molecule has 26 heavy (non-hydrogen) atoms. The van der Waals surface area contributed by atoms with Gasteiger partial charge in [0.15, 0.2) is 23.3 Å². The second kappa shape index (κ2) is 8.24. The standard InChI is InChI=1S/C22H24F4/c1-2-14-3-8-16(9-4-14)17-10-5-15(6-11-17)7-12-18-13-19(23)21(25)22(26)20(18)24/h5-6,10-11,13-14,16H,2-4,7-9,12H2,1H3/t14-,16-. The third-order valence-electron chi connectivity index (χ3n) is 5.74. The minimum Gasteiger partial charge on any atom is -0.204 e. The van der Waals surface area contributed by atoms with Gasteiger partial charge in [0.2, 0.25) is 0 Å². The molecule has 0 spiro atoms. The summed E-state index contributed by atoms with van der Waals surface area (Å²) in [6.45, 7) is 2.25. The zero-order chi connectivity index (χ0) is 18.7. The SMILES string of the molecule is CC[C@H]1CC[C@H](c2ccc(CCc3cc(F)c(F)c(F)c3F)cc2)CC1. The first-order valence-corrected chi connectivity index (χ1v) is 9.40. The summed E-state index contributed by atoms with van der Waals surface area (Å²) in [7, 11) is 0. The summed E-state index contributed by atoms with van der Waals surface area (Å²) in [6.07, 6.45) is 6.83. The van der Waals surface area contributed by atoms with Gasteiger partial charge in [-0.1, -0.05) is 37.6 Å². The van der Waals surface area contributed by atoms with Gasteiger partial charge in [0, 0.05) is 0 Å². The molecule has 0 aliphatic heterocycles. The van der Waals surface area contributed by atoms with Crippen LogP contribution in [-0.2, 0) is 12.8 Å². The Labute approximate surface area is 152 Å². The number of hydrogen-bond donors (Lipinski definition) is 0. The summed E-state index contributed by atoms with van der Waals surface area (Å²) < 4.78 is 53.3. The highest BCUT2D eigenvalue weighted by Crippen LogP contribution is 2.37. The minimum absolute atomic E-state index is 0.126. The average Bonchev–Trinajstić information content (AvgIpc) is 2.68. The molecule has 0 nitrogen and oxygen atoms in total. The Hall–Kier alpha value is -1.84. The first-order chi connectivity index (χ1) is 12.5. The molecule has 3 rings (SSSR count). The van der Waals surface area contributed by atoms with E-state index < -0.39 is 23.3 Å². The van der Waals surface area contributed by atoms with Crippen molar-refractivity contribution in [2.75, 3.05) is 0 Å². The zero-order valence-electron chi connectivity index (χ0n) is 15.0. The lowest BCUT2D eigenvalue weighted by Crippen LogP contribution is -2.12. The van der Waals surface area contributed by atoms with E-state index in [1.807, 2.05) is 12.1 Å². The molecule has 1 aliphatic rings. The smallest absolute Gasteiger partial charge is 0.197 e. The second-order valence-corrected chi connectivity index (χ2v) is 7.33. The maximum absolute atomic E-state index is 13.7. The summed E-state index contributed by atoms with van der Waals surface area (Å²) in [4.78, 5) is 0. The van der Waals surface area contributed by atoms with Gasteiger partial charge in [-0.05, 0) is 73.1 Å². The maximum Gasteiger partial charge on any atom is 0.197 e. The van der Waals surface area contributed by atoms with Crippen molar-refractivity contribution in [1.29, 1.82) is 0 Å². The van der Waals surface area contributed by atoms with E-state index in [2.05, 4.69) is 19.1 Å². The third kappa shape index (κ3) is 4.11. The van der Waals surface area contributed by atoms with Gasteiger partial charge in [0.25, 0.3) is 0 Å². The Morgan fingerprint density at radius 3 is 2.08 bits per heavy atom. The lowest BCUT2D eigenvalue weighted by molar-refractivity contribution is 0.319. The Morgan fingerprint density at radius 2 is 1.46 bits per heavy atom. The quantitative estimate of drug-likeness (QED) is 0.314. The fourth-order valence-corrected chi connectivity index (χ4v) is 3.94. The van der Waals surface area contributed by atoms with E-state index in [4.69, 9.17) is 0 Å². The van der Waals surface area contributed by atoms with Crippen LogP contribution in [0.15, 0.2) is 30.3 Å². The van der Waals surface area contributed by atoms with Gasteiger partial charge in [-0.3, -0.25) is 0 Å². The molecule has 0 atom stereocenters. The highest BCUT2D eigenvalue weighted by atomic mass is 19.2. The molecule has 0 unspecified atom stereocenters. The molecule has 0 amide bonds. The van der Waals surface area contributed by atoms with Crippen LogP contribution in [0.1, 0.15) is 61.6 Å². The molecule has 0 aromatic heterocycles. The fraction of sp³-hybridized carbons (Fsp3) is 0.455. The van der Waals surface area contributed by atoms with Crippen molar-refractivity contribution in [2.45, 2.75) is 57.8 Å². The van der Waals surface area contributed by atoms with E-state index in [9.17, 15) is 17.6 Å². The Bertz CT molecular complexity index is 744. The van der Waals surface area contributed by atoms with Crippen LogP contribution in [0, 0.1) is 29.2 Å². The Balaban J connectivity index is 1.62. The van der Waals surface area contributed by atoms with Crippen molar-refractivity contribution in [1.82, 2.24) is 0 Å². The van der Waals surface area contributed by atoms with Crippen LogP contribution in [0.3, 0.4) is 0 Å².